The molecule has 0 atom stereocenters. The van der Waals surface area contributed by atoms with Crippen LogP contribution < -0.4 is 5.32 Å². The molecule has 1 saturated carbocycles. The normalized spacial score (nSPS) is 14.5. The maximum atomic E-state index is 12.8. The quantitative estimate of drug-likeness (QED) is 0.780. The molecular weight excluding hydrogens is 326 g/mol. The number of nitrogens with zero attached hydrogens (tertiary/aromatic N) is 2. The maximum Gasteiger partial charge on any atom is 0.238 e. The summed E-state index contributed by atoms with van der Waals surface area (Å²) in [7, 11) is 1.78. The first-order valence-corrected chi connectivity index (χ1v) is 9.00. The van der Waals surface area contributed by atoms with Crippen LogP contribution in [-0.2, 0) is 22.6 Å². The third kappa shape index (κ3) is 3.93. The second-order valence-corrected chi connectivity index (χ2v) is 7.02. The topological polar surface area (TPSA) is 62.3 Å². The van der Waals surface area contributed by atoms with Crippen LogP contribution in [0.5, 0.6) is 0 Å². The minimum absolute atomic E-state index is 0.0751. The number of nitrogens with one attached hydrogen (secondary N) is 1. The van der Waals surface area contributed by atoms with Crippen LogP contribution in [0, 0.1) is 12.3 Å². The zero-order valence-corrected chi connectivity index (χ0v) is 15.4. The van der Waals surface area contributed by atoms with Gasteiger partial charge < -0.3 is 10.2 Å². The smallest absolute Gasteiger partial charge is 0.238 e. The predicted octanol–water partition coefficient (Wildman–Crippen LogP) is 2.49. The lowest BCUT2D eigenvalue weighted by atomic mass is 10.0. The predicted molar refractivity (Wildman–Crippen MR) is 100 cm³/mol. The second kappa shape index (κ2) is 7.68. The molecule has 3 rings (SSSR count). The van der Waals surface area contributed by atoms with Crippen molar-refractivity contribution in [1.29, 1.82) is 0 Å². The van der Waals surface area contributed by atoms with Gasteiger partial charge in [-0.05, 0) is 55.0 Å². The van der Waals surface area contributed by atoms with E-state index in [9.17, 15) is 9.59 Å². The van der Waals surface area contributed by atoms with Crippen LogP contribution in [0.25, 0.3) is 0 Å². The van der Waals surface area contributed by atoms with Gasteiger partial charge >= 0.3 is 0 Å². The largest absolute Gasteiger partial charge is 0.351 e. The SMILES string of the molecule is Cc1ccccc1CNC(=O)C1(C(=O)N(C)CCc2ccncc2)CC1. The number of benzene rings is 1. The molecule has 1 N–H and O–H groups in total. The van der Waals surface area contributed by atoms with Gasteiger partial charge in [0.25, 0.3) is 0 Å². The van der Waals surface area contributed by atoms with E-state index in [0.717, 1.165) is 23.1 Å². The van der Waals surface area contributed by atoms with Gasteiger partial charge in [-0.3, -0.25) is 14.6 Å². The van der Waals surface area contributed by atoms with E-state index in [2.05, 4.69) is 10.3 Å². The highest BCUT2D eigenvalue weighted by molar-refractivity contribution is 6.07. The number of rotatable bonds is 7. The lowest BCUT2D eigenvalue weighted by Gasteiger charge is -2.23. The zero-order chi connectivity index (χ0) is 18.6. The lowest BCUT2D eigenvalue weighted by molar-refractivity contribution is -0.143. The summed E-state index contributed by atoms with van der Waals surface area (Å²) in [6.45, 7) is 3.07. The molecule has 0 radical (unpaired) electrons. The molecule has 0 unspecified atom stereocenters. The Morgan fingerprint density at radius 3 is 2.50 bits per heavy atom. The van der Waals surface area contributed by atoms with Crippen LogP contribution in [0.2, 0.25) is 0 Å². The number of hydrogen-bond acceptors (Lipinski definition) is 3. The van der Waals surface area contributed by atoms with E-state index < -0.39 is 5.41 Å². The van der Waals surface area contributed by atoms with Crippen molar-refractivity contribution in [3.63, 3.8) is 0 Å². The Balaban J connectivity index is 1.56. The standard InChI is InChI=1S/C21H25N3O2/c1-16-5-3-4-6-18(16)15-23-19(25)21(10-11-21)20(26)24(2)14-9-17-7-12-22-13-8-17/h3-8,12-13H,9-11,14-15H2,1-2H3,(H,23,25). The Morgan fingerprint density at radius 2 is 1.85 bits per heavy atom. The molecule has 0 spiro atoms. The Morgan fingerprint density at radius 1 is 1.15 bits per heavy atom. The summed E-state index contributed by atoms with van der Waals surface area (Å²) < 4.78 is 0. The maximum absolute atomic E-state index is 12.8. The molecule has 1 aromatic carbocycles. The van der Waals surface area contributed by atoms with Crippen molar-refractivity contribution < 1.29 is 9.59 Å². The number of amides is 2. The molecule has 1 aromatic heterocycles. The molecule has 1 aliphatic rings. The van der Waals surface area contributed by atoms with Gasteiger partial charge in [0.05, 0.1) is 0 Å². The van der Waals surface area contributed by atoms with E-state index >= 15 is 0 Å². The summed E-state index contributed by atoms with van der Waals surface area (Å²) >= 11 is 0. The molecule has 1 aliphatic carbocycles. The molecule has 2 aromatic rings. The minimum atomic E-state index is -0.865. The molecule has 2 amide bonds. The van der Waals surface area contributed by atoms with Gasteiger partial charge in [0.1, 0.15) is 5.41 Å². The fourth-order valence-corrected chi connectivity index (χ4v) is 3.13. The van der Waals surface area contributed by atoms with E-state index in [1.54, 1.807) is 24.3 Å². The Kier molecular flexibility index (Phi) is 5.35. The van der Waals surface area contributed by atoms with Gasteiger partial charge in [-0.25, -0.2) is 0 Å². The zero-order valence-electron chi connectivity index (χ0n) is 15.4. The number of hydrogen-bond donors (Lipinski definition) is 1. The van der Waals surface area contributed by atoms with E-state index in [1.165, 1.54) is 0 Å². The first kappa shape index (κ1) is 18.1. The third-order valence-corrected chi connectivity index (χ3v) is 5.13. The monoisotopic (exact) mass is 351 g/mol. The van der Waals surface area contributed by atoms with Crippen LogP contribution in [-0.4, -0.2) is 35.3 Å². The summed E-state index contributed by atoms with van der Waals surface area (Å²) in [5.74, 6) is -0.227. The Hall–Kier alpha value is -2.69. The number of carbonyl (C=O) groups excluding carboxylic acids is 2. The molecular formula is C21H25N3O2. The van der Waals surface area contributed by atoms with Crippen LogP contribution >= 0.6 is 0 Å². The van der Waals surface area contributed by atoms with Gasteiger partial charge in [0.2, 0.25) is 11.8 Å². The van der Waals surface area contributed by atoms with Gasteiger partial charge in [0.15, 0.2) is 0 Å². The second-order valence-electron chi connectivity index (χ2n) is 7.02. The number of carbonyl (C=O) groups is 2. The molecule has 136 valence electrons. The minimum Gasteiger partial charge on any atom is -0.351 e. The van der Waals surface area contributed by atoms with Crippen molar-refractivity contribution in [3.8, 4) is 0 Å². The molecule has 1 heterocycles. The van der Waals surface area contributed by atoms with Crippen molar-refractivity contribution in [3.05, 3.63) is 65.5 Å². The molecule has 0 saturated heterocycles. The van der Waals surface area contributed by atoms with Crippen molar-refractivity contribution >= 4 is 11.8 Å². The van der Waals surface area contributed by atoms with Crippen molar-refractivity contribution in [1.82, 2.24) is 15.2 Å². The van der Waals surface area contributed by atoms with Crippen LogP contribution in [0.3, 0.4) is 0 Å². The molecule has 0 aliphatic heterocycles. The molecule has 5 heteroatoms. The average molecular weight is 351 g/mol. The third-order valence-electron chi connectivity index (χ3n) is 5.13. The summed E-state index contributed by atoms with van der Waals surface area (Å²) in [6, 6.07) is 11.8. The summed E-state index contributed by atoms with van der Waals surface area (Å²) in [5.41, 5.74) is 2.48. The molecule has 26 heavy (non-hydrogen) atoms. The van der Waals surface area contributed by atoms with Crippen molar-refractivity contribution in [2.24, 2.45) is 5.41 Å². The van der Waals surface area contributed by atoms with Gasteiger partial charge in [-0.1, -0.05) is 24.3 Å². The molecule has 0 bridgehead atoms. The average Bonchev–Trinajstić information content (AvgIpc) is 3.47. The number of likely N-dealkylation sites (N-methyl/N-ethyl adjacent to an activating group) is 1. The van der Waals surface area contributed by atoms with Gasteiger partial charge in [-0.15, -0.1) is 0 Å². The summed E-state index contributed by atoms with van der Waals surface area (Å²) in [6.07, 6.45) is 5.51. The summed E-state index contributed by atoms with van der Waals surface area (Å²) in [5, 5.41) is 2.96. The fraction of sp³-hybridized carbons (Fsp3) is 0.381. The van der Waals surface area contributed by atoms with Gasteiger partial charge in [-0.2, -0.15) is 0 Å². The molecule has 1 fully saturated rings. The fourth-order valence-electron chi connectivity index (χ4n) is 3.13. The first-order chi connectivity index (χ1) is 12.5. The van der Waals surface area contributed by atoms with Crippen LogP contribution in [0.1, 0.15) is 29.5 Å². The number of aromatic nitrogens is 1. The van der Waals surface area contributed by atoms with Crippen molar-refractivity contribution in [2.75, 3.05) is 13.6 Å². The van der Waals surface area contributed by atoms with E-state index in [4.69, 9.17) is 0 Å². The van der Waals surface area contributed by atoms with E-state index in [0.29, 0.717) is 25.9 Å². The Bertz CT molecular complexity index is 785. The number of pyridine rings is 1. The highest BCUT2D eigenvalue weighted by atomic mass is 16.2. The van der Waals surface area contributed by atoms with Crippen LogP contribution in [0.15, 0.2) is 48.8 Å². The number of aryl methyl sites for hydroxylation is 1. The highest BCUT2D eigenvalue weighted by Gasteiger charge is 2.57. The Labute approximate surface area is 154 Å². The highest BCUT2D eigenvalue weighted by Crippen LogP contribution is 2.47. The van der Waals surface area contributed by atoms with Crippen molar-refractivity contribution in [2.45, 2.75) is 32.7 Å². The first-order valence-electron chi connectivity index (χ1n) is 9.00. The summed E-state index contributed by atoms with van der Waals surface area (Å²) in [4.78, 5) is 31.2. The van der Waals surface area contributed by atoms with E-state index in [1.807, 2.05) is 43.3 Å². The molecule has 5 nitrogen and oxygen atoms in total. The van der Waals surface area contributed by atoms with Crippen LogP contribution in [0.4, 0.5) is 0 Å². The lowest BCUT2D eigenvalue weighted by Crippen LogP contribution is -2.44. The van der Waals surface area contributed by atoms with E-state index in [-0.39, 0.29) is 11.8 Å². The van der Waals surface area contributed by atoms with Gasteiger partial charge in [0, 0.05) is 32.5 Å².